The number of nitrogens with zero attached hydrogens (tertiary/aromatic N) is 3. The molecule has 2 aromatic rings. The zero-order valence-corrected chi connectivity index (χ0v) is 11.9. The summed E-state index contributed by atoms with van der Waals surface area (Å²) in [7, 11) is 0. The summed E-state index contributed by atoms with van der Waals surface area (Å²) < 4.78 is 5.71. The molecule has 0 amide bonds. The van der Waals surface area contributed by atoms with Crippen molar-refractivity contribution in [3.05, 3.63) is 63.7 Å². The highest BCUT2D eigenvalue weighted by molar-refractivity contribution is 5.28. The molecule has 7 heteroatoms. The highest BCUT2D eigenvalue weighted by Gasteiger charge is 2.15. The maximum Gasteiger partial charge on any atom is 0.305 e. The molecule has 1 N–H and O–H groups in total. The zero-order valence-electron chi connectivity index (χ0n) is 11.9. The molecule has 22 heavy (non-hydrogen) atoms. The molecule has 3 rings (SSSR count). The largest absolute Gasteiger partial charge is 0.371 e. The summed E-state index contributed by atoms with van der Waals surface area (Å²) in [5.41, 5.74) is 2.10. The Balaban J connectivity index is 1.66. The first-order valence-electron chi connectivity index (χ1n) is 7.09. The average molecular weight is 300 g/mol. The molecule has 0 spiro atoms. The molecule has 0 aliphatic carbocycles. The van der Waals surface area contributed by atoms with Gasteiger partial charge in [-0.2, -0.15) is 0 Å². The van der Waals surface area contributed by atoms with Crippen LogP contribution in [0.1, 0.15) is 23.1 Å². The predicted molar refractivity (Wildman–Crippen MR) is 79.5 cm³/mol. The molecule has 1 aromatic heterocycles. The van der Waals surface area contributed by atoms with Crippen molar-refractivity contribution >= 4 is 5.69 Å². The fraction of sp³-hybridized carbons (Fsp3) is 0.333. The van der Waals surface area contributed by atoms with Crippen LogP contribution in [0.25, 0.3) is 0 Å². The van der Waals surface area contributed by atoms with Crippen LogP contribution >= 0.6 is 0 Å². The fourth-order valence-corrected chi connectivity index (χ4v) is 2.35. The van der Waals surface area contributed by atoms with Crippen LogP contribution in [0.15, 0.2) is 36.7 Å². The van der Waals surface area contributed by atoms with Crippen LogP contribution in [0.4, 0.5) is 5.69 Å². The smallest absolute Gasteiger partial charge is 0.305 e. The normalized spacial score (nSPS) is 18.1. The molecule has 2 heterocycles. The highest BCUT2D eigenvalue weighted by Crippen LogP contribution is 2.19. The third kappa shape index (κ3) is 3.44. The lowest BCUT2D eigenvalue weighted by molar-refractivity contribution is -0.385. The molecular weight excluding hydrogens is 284 g/mol. The van der Waals surface area contributed by atoms with Crippen molar-refractivity contribution in [3.63, 3.8) is 0 Å². The highest BCUT2D eigenvalue weighted by atomic mass is 16.6. The Labute approximate surface area is 127 Å². The van der Waals surface area contributed by atoms with Crippen LogP contribution in [0.2, 0.25) is 0 Å². The van der Waals surface area contributed by atoms with Gasteiger partial charge in [0.05, 0.1) is 17.6 Å². The van der Waals surface area contributed by atoms with Gasteiger partial charge in [0, 0.05) is 19.5 Å². The minimum atomic E-state index is -0.503. The molecule has 0 bridgehead atoms. The maximum absolute atomic E-state index is 10.6. The van der Waals surface area contributed by atoms with Crippen molar-refractivity contribution in [2.75, 3.05) is 19.7 Å². The lowest BCUT2D eigenvalue weighted by atomic mass is 10.0. The molecule has 1 aliphatic heterocycles. The standard InChI is InChI=1S/C15H16N4O3/c20-19(21)13-8-17-15(18-9-13)7-11-1-3-12(4-2-11)14-10-16-5-6-22-14/h1-4,8-9,14,16H,5-7,10H2/t14-/m1/s1. The SMILES string of the molecule is O=[N+]([O-])c1cnc(Cc2ccc([C@H]3CNCCO3)cc2)nc1. The Kier molecular flexibility index (Phi) is 4.36. The van der Waals surface area contributed by atoms with Crippen LogP contribution in [0.3, 0.4) is 0 Å². The van der Waals surface area contributed by atoms with Crippen LogP contribution in [0.5, 0.6) is 0 Å². The number of rotatable bonds is 4. The van der Waals surface area contributed by atoms with Crippen LogP contribution < -0.4 is 5.32 Å². The van der Waals surface area contributed by atoms with Gasteiger partial charge in [-0.1, -0.05) is 24.3 Å². The minimum Gasteiger partial charge on any atom is -0.371 e. The Morgan fingerprint density at radius 1 is 1.27 bits per heavy atom. The third-order valence-corrected chi connectivity index (χ3v) is 3.54. The summed E-state index contributed by atoms with van der Waals surface area (Å²) in [6.07, 6.45) is 3.11. The number of hydrogen-bond donors (Lipinski definition) is 1. The number of aromatic nitrogens is 2. The van der Waals surface area contributed by atoms with Crippen molar-refractivity contribution in [1.82, 2.24) is 15.3 Å². The van der Waals surface area contributed by atoms with Gasteiger partial charge in [0.2, 0.25) is 0 Å². The molecule has 1 saturated heterocycles. The molecule has 0 radical (unpaired) electrons. The number of nitro groups is 1. The maximum atomic E-state index is 10.6. The minimum absolute atomic E-state index is 0.0958. The molecule has 1 aromatic carbocycles. The first-order valence-corrected chi connectivity index (χ1v) is 7.09. The van der Waals surface area contributed by atoms with E-state index in [4.69, 9.17) is 4.74 Å². The van der Waals surface area contributed by atoms with Crippen molar-refractivity contribution in [1.29, 1.82) is 0 Å². The summed E-state index contributed by atoms with van der Waals surface area (Å²) in [5.74, 6) is 0.564. The first-order chi connectivity index (χ1) is 10.7. The van der Waals surface area contributed by atoms with Gasteiger partial charge in [-0.15, -0.1) is 0 Å². The third-order valence-electron chi connectivity index (χ3n) is 3.54. The van der Waals surface area contributed by atoms with Crippen molar-refractivity contribution < 1.29 is 9.66 Å². The van der Waals surface area contributed by atoms with Gasteiger partial charge < -0.3 is 10.1 Å². The van der Waals surface area contributed by atoms with Gasteiger partial charge in [0.15, 0.2) is 0 Å². The molecule has 114 valence electrons. The molecule has 0 unspecified atom stereocenters. The van der Waals surface area contributed by atoms with Crippen LogP contribution in [0, 0.1) is 10.1 Å². The summed E-state index contributed by atoms with van der Waals surface area (Å²) in [5, 5.41) is 13.9. The number of nitrogens with one attached hydrogen (secondary N) is 1. The number of benzene rings is 1. The van der Waals surface area contributed by atoms with Gasteiger partial charge >= 0.3 is 5.69 Å². The van der Waals surface area contributed by atoms with E-state index in [2.05, 4.69) is 15.3 Å². The summed E-state index contributed by atoms with van der Waals surface area (Å²) >= 11 is 0. The van der Waals surface area contributed by atoms with E-state index >= 15 is 0 Å². The summed E-state index contributed by atoms with van der Waals surface area (Å²) in [6.45, 7) is 2.44. The van der Waals surface area contributed by atoms with Crippen molar-refractivity contribution in [2.24, 2.45) is 0 Å². The van der Waals surface area contributed by atoms with E-state index in [9.17, 15) is 10.1 Å². The second-order valence-corrected chi connectivity index (χ2v) is 5.10. The van der Waals surface area contributed by atoms with Crippen LogP contribution in [-0.2, 0) is 11.2 Å². The van der Waals surface area contributed by atoms with E-state index in [1.54, 1.807) is 0 Å². The number of morpholine rings is 1. The summed E-state index contributed by atoms with van der Waals surface area (Å²) in [6, 6.07) is 8.10. The molecule has 0 saturated carbocycles. The number of hydrogen-bond acceptors (Lipinski definition) is 6. The summed E-state index contributed by atoms with van der Waals surface area (Å²) in [4.78, 5) is 18.1. The lowest BCUT2D eigenvalue weighted by Gasteiger charge is -2.24. The van der Waals surface area contributed by atoms with Gasteiger partial charge in [-0.05, 0) is 11.1 Å². The van der Waals surface area contributed by atoms with Gasteiger partial charge in [-0.3, -0.25) is 10.1 Å². The van der Waals surface area contributed by atoms with Crippen LogP contribution in [-0.4, -0.2) is 34.6 Å². The Bertz CT molecular complexity index is 637. The first kappa shape index (κ1) is 14.6. The topological polar surface area (TPSA) is 90.2 Å². The second-order valence-electron chi connectivity index (χ2n) is 5.10. The Morgan fingerprint density at radius 3 is 2.59 bits per heavy atom. The molecule has 1 aliphatic rings. The molecular formula is C15H16N4O3. The Morgan fingerprint density at radius 2 is 2.00 bits per heavy atom. The zero-order chi connectivity index (χ0) is 15.4. The van der Waals surface area contributed by atoms with Crippen molar-refractivity contribution in [2.45, 2.75) is 12.5 Å². The van der Waals surface area contributed by atoms with Gasteiger partial charge in [0.1, 0.15) is 18.2 Å². The predicted octanol–water partition coefficient (Wildman–Crippen LogP) is 1.64. The van der Waals surface area contributed by atoms with E-state index in [0.717, 1.165) is 30.8 Å². The van der Waals surface area contributed by atoms with E-state index in [0.29, 0.717) is 12.2 Å². The fourth-order valence-electron chi connectivity index (χ4n) is 2.35. The van der Waals surface area contributed by atoms with E-state index in [1.807, 2.05) is 24.3 Å². The Hall–Kier alpha value is -2.38. The monoisotopic (exact) mass is 300 g/mol. The van der Waals surface area contributed by atoms with Gasteiger partial charge in [0.25, 0.3) is 0 Å². The molecule has 7 nitrogen and oxygen atoms in total. The lowest BCUT2D eigenvalue weighted by Crippen LogP contribution is -2.33. The average Bonchev–Trinajstić information content (AvgIpc) is 2.57. The van der Waals surface area contributed by atoms with Crippen molar-refractivity contribution in [3.8, 4) is 0 Å². The number of ether oxygens (including phenoxy) is 1. The molecule has 1 atom stereocenters. The second kappa shape index (κ2) is 6.59. The van der Waals surface area contributed by atoms with E-state index in [1.165, 1.54) is 12.4 Å². The van der Waals surface area contributed by atoms with E-state index < -0.39 is 4.92 Å². The van der Waals surface area contributed by atoms with E-state index in [-0.39, 0.29) is 11.8 Å². The molecule has 1 fully saturated rings. The quantitative estimate of drug-likeness (QED) is 0.682. The van der Waals surface area contributed by atoms with Gasteiger partial charge in [-0.25, -0.2) is 9.97 Å².